The molecule has 0 aliphatic carbocycles. The molecule has 3 heterocycles. The maximum Gasteiger partial charge on any atom is 0.261 e. The lowest BCUT2D eigenvalue weighted by atomic mass is 10.1. The van der Waals surface area contributed by atoms with Crippen LogP contribution in [0.3, 0.4) is 0 Å². The molecule has 0 spiro atoms. The molecule has 0 bridgehead atoms. The summed E-state index contributed by atoms with van der Waals surface area (Å²) >= 11 is 5.94. The van der Waals surface area contributed by atoms with Crippen molar-refractivity contribution in [3.63, 3.8) is 0 Å². The predicted octanol–water partition coefficient (Wildman–Crippen LogP) is 2.14. The summed E-state index contributed by atoms with van der Waals surface area (Å²) in [6.45, 7) is 0.224. The van der Waals surface area contributed by atoms with Crippen LogP contribution in [0, 0.1) is 0 Å². The van der Waals surface area contributed by atoms with Gasteiger partial charge in [0.1, 0.15) is 5.65 Å². The predicted molar refractivity (Wildman–Crippen MR) is 94.2 cm³/mol. The first-order valence-electron chi connectivity index (χ1n) is 7.82. The van der Waals surface area contributed by atoms with E-state index in [0.717, 1.165) is 10.5 Å². The first-order valence-corrected chi connectivity index (χ1v) is 8.19. The van der Waals surface area contributed by atoms with Crippen LogP contribution in [0.1, 0.15) is 36.8 Å². The van der Waals surface area contributed by atoms with Crippen LogP contribution >= 0.6 is 11.6 Å². The number of aromatic nitrogens is 2. The molecule has 0 unspecified atom stereocenters. The Bertz CT molecular complexity index is 1090. The van der Waals surface area contributed by atoms with E-state index in [9.17, 15) is 14.4 Å². The van der Waals surface area contributed by atoms with Crippen molar-refractivity contribution in [2.24, 2.45) is 0 Å². The van der Waals surface area contributed by atoms with E-state index in [1.165, 1.54) is 25.2 Å². The van der Waals surface area contributed by atoms with E-state index >= 15 is 0 Å². The van der Waals surface area contributed by atoms with Gasteiger partial charge in [-0.05, 0) is 30.3 Å². The summed E-state index contributed by atoms with van der Waals surface area (Å²) < 4.78 is 1.78. The zero-order valence-electron chi connectivity index (χ0n) is 13.7. The molecule has 1 N–H and O–H groups in total. The molecule has 3 aromatic rings. The monoisotopic (exact) mass is 368 g/mol. The standard InChI is InChI=1S/C18H13ClN4O3/c1-22-17(25)13-4-2-10(6-14(13)18(22)26)16(24)20-7-12-9-23-8-11(19)3-5-15(23)21-12/h2-6,8-9H,7H2,1H3,(H,20,24). The Labute approximate surface area is 153 Å². The van der Waals surface area contributed by atoms with Crippen molar-refractivity contribution >= 4 is 35.0 Å². The Kier molecular flexibility index (Phi) is 3.73. The number of pyridine rings is 1. The fraction of sp³-hybridized carbons (Fsp3) is 0.111. The smallest absolute Gasteiger partial charge is 0.261 e. The van der Waals surface area contributed by atoms with E-state index in [4.69, 9.17) is 11.6 Å². The zero-order chi connectivity index (χ0) is 18.4. The minimum Gasteiger partial charge on any atom is -0.346 e. The lowest BCUT2D eigenvalue weighted by molar-refractivity contribution is 0.0693. The number of imidazole rings is 1. The Morgan fingerprint density at radius 1 is 1.12 bits per heavy atom. The van der Waals surface area contributed by atoms with Gasteiger partial charge in [0.25, 0.3) is 17.7 Å². The largest absolute Gasteiger partial charge is 0.346 e. The minimum absolute atomic E-state index is 0.224. The van der Waals surface area contributed by atoms with Gasteiger partial charge in [0.05, 0.1) is 28.4 Å². The Hall–Kier alpha value is -3.19. The number of hydrogen-bond acceptors (Lipinski definition) is 4. The first-order chi connectivity index (χ1) is 12.4. The van der Waals surface area contributed by atoms with Gasteiger partial charge in [-0.1, -0.05) is 11.6 Å². The molecule has 0 saturated heterocycles. The molecule has 0 fully saturated rings. The van der Waals surface area contributed by atoms with Crippen LogP contribution in [0.2, 0.25) is 5.02 Å². The van der Waals surface area contributed by atoms with Crippen LogP contribution in [0.25, 0.3) is 5.65 Å². The van der Waals surface area contributed by atoms with Crippen molar-refractivity contribution in [2.45, 2.75) is 6.54 Å². The van der Waals surface area contributed by atoms with Gasteiger partial charge in [0.15, 0.2) is 0 Å². The summed E-state index contributed by atoms with van der Waals surface area (Å²) in [5.74, 6) is -1.12. The third-order valence-electron chi connectivity index (χ3n) is 4.25. The maximum absolute atomic E-state index is 12.4. The summed E-state index contributed by atoms with van der Waals surface area (Å²) in [6.07, 6.45) is 3.51. The summed E-state index contributed by atoms with van der Waals surface area (Å²) in [5, 5.41) is 3.35. The quantitative estimate of drug-likeness (QED) is 0.718. The van der Waals surface area contributed by atoms with E-state index in [0.29, 0.717) is 21.8 Å². The number of benzene rings is 1. The second-order valence-corrected chi connectivity index (χ2v) is 6.39. The van der Waals surface area contributed by atoms with Crippen molar-refractivity contribution in [1.29, 1.82) is 0 Å². The lowest BCUT2D eigenvalue weighted by Crippen LogP contribution is -2.24. The molecular weight excluding hydrogens is 356 g/mol. The fourth-order valence-corrected chi connectivity index (χ4v) is 3.05. The van der Waals surface area contributed by atoms with Crippen molar-refractivity contribution < 1.29 is 14.4 Å². The topological polar surface area (TPSA) is 83.8 Å². The Morgan fingerprint density at radius 2 is 1.88 bits per heavy atom. The van der Waals surface area contributed by atoms with Crippen LogP contribution in [0.5, 0.6) is 0 Å². The Balaban J connectivity index is 1.52. The number of hydrogen-bond donors (Lipinski definition) is 1. The highest BCUT2D eigenvalue weighted by atomic mass is 35.5. The number of fused-ring (bicyclic) bond motifs is 2. The molecule has 130 valence electrons. The van der Waals surface area contributed by atoms with Crippen LogP contribution in [-0.2, 0) is 6.54 Å². The van der Waals surface area contributed by atoms with Gasteiger partial charge in [-0.3, -0.25) is 19.3 Å². The maximum atomic E-state index is 12.4. The van der Waals surface area contributed by atoms with Gasteiger partial charge in [0, 0.05) is 25.0 Å². The summed E-state index contributed by atoms with van der Waals surface area (Å²) in [4.78, 5) is 41.7. The molecule has 1 aliphatic heterocycles. The molecule has 0 saturated carbocycles. The van der Waals surface area contributed by atoms with Gasteiger partial charge in [-0.15, -0.1) is 0 Å². The fourth-order valence-electron chi connectivity index (χ4n) is 2.88. The minimum atomic E-state index is -0.406. The molecule has 7 nitrogen and oxygen atoms in total. The third-order valence-corrected chi connectivity index (χ3v) is 4.47. The van der Waals surface area contributed by atoms with Gasteiger partial charge in [0.2, 0.25) is 0 Å². The number of halogens is 1. The van der Waals surface area contributed by atoms with Crippen LogP contribution in [0.4, 0.5) is 0 Å². The van der Waals surface area contributed by atoms with Crippen LogP contribution in [0.15, 0.2) is 42.7 Å². The van der Waals surface area contributed by atoms with Gasteiger partial charge < -0.3 is 9.72 Å². The highest BCUT2D eigenvalue weighted by molar-refractivity contribution is 6.30. The molecule has 0 radical (unpaired) electrons. The second-order valence-electron chi connectivity index (χ2n) is 5.96. The third kappa shape index (κ3) is 2.62. The zero-order valence-corrected chi connectivity index (χ0v) is 14.4. The van der Waals surface area contributed by atoms with Gasteiger partial charge in [-0.2, -0.15) is 0 Å². The van der Waals surface area contributed by atoms with E-state index in [-0.39, 0.29) is 23.9 Å². The molecular formula is C18H13ClN4O3. The Morgan fingerprint density at radius 3 is 2.69 bits per heavy atom. The van der Waals surface area contributed by atoms with Gasteiger partial charge in [-0.25, -0.2) is 4.98 Å². The molecule has 0 atom stereocenters. The number of nitrogens with zero attached hydrogens (tertiary/aromatic N) is 3. The number of rotatable bonds is 3. The highest BCUT2D eigenvalue weighted by Crippen LogP contribution is 2.22. The number of carbonyl (C=O) groups is 3. The highest BCUT2D eigenvalue weighted by Gasteiger charge is 2.33. The summed E-state index contributed by atoms with van der Waals surface area (Å²) in [5.41, 5.74) is 2.27. The van der Waals surface area contributed by atoms with Crippen molar-refractivity contribution in [2.75, 3.05) is 7.05 Å². The molecule has 3 amide bonds. The van der Waals surface area contributed by atoms with Gasteiger partial charge >= 0.3 is 0 Å². The summed E-state index contributed by atoms with van der Waals surface area (Å²) in [7, 11) is 1.42. The van der Waals surface area contributed by atoms with E-state index < -0.39 is 5.91 Å². The van der Waals surface area contributed by atoms with E-state index in [2.05, 4.69) is 10.3 Å². The number of imide groups is 1. The van der Waals surface area contributed by atoms with Crippen molar-refractivity contribution in [1.82, 2.24) is 19.6 Å². The average Bonchev–Trinajstić information content (AvgIpc) is 3.13. The summed E-state index contributed by atoms with van der Waals surface area (Å²) in [6, 6.07) is 8.00. The molecule has 4 rings (SSSR count). The molecule has 26 heavy (non-hydrogen) atoms. The van der Waals surface area contributed by atoms with E-state index in [1.807, 2.05) is 0 Å². The SMILES string of the molecule is CN1C(=O)c2ccc(C(=O)NCc3cn4cc(Cl)ccc4n3)cc2C1=O. The average molecular weight is 369 g/mol. The first kappa shape index (κ1) is 16.3. The van der Waals surface area contributed by atoms with Crippen LogP contribution in [-0.4, -0.2) is 39.1 Å². The molecule has 2 aromatic heterocycles. The normalized spacial score (nSPS) is 13.4. The number of nitrogens with one attached hydrogen (secondary N) is 1. The number of carbonyl (C=O) groups excluding carboxylic acids is 3. The van der Waals surface area contributed by atoms with Crippen molar-refractivity contribution in [3.05, 3.63) is 70.1 Å². The molecule has 1 aliphatic rings. The second kappa shape index (κ2) is 5.96. The van der Waals surface area contributed by atoms with Crippen LogP contribution < -0.4 is 5.32 Å². The number of amides is 3. The van der Waals surface area contributed by atoms with E-state index in [1.54, 1.807) is 28.9 Å². The van der Waals surface area contributed by atoms with Crippen molar-refractivity contribution in [3.8, 4) is 0 Å². The molecule has 1 aromatic carbocycles. The molecule has 8 heteroatoms. The lowest BCUT2D eigenvalue weighted by Gasteiger charge is -2.04.